The maximum Gasteiger partial charge on any atom is 0.264 e. The van der Waals surface area contributed by atoms with E-state index in [2.05, 4.69) is 5.32 Å². The first kappa shape index (κ1) is 16.6. The second kappa shape index (κ2) is 6.72. The predicted molar refractivity (Wildman–Crippen MR) is 92.8 cm³/mol. The van der Waals surface area contributed by atoms with Gasteiger partial charge in [0.15, 0.2) is 6.61 Å². The topological polar surface area (TPSA) is 77.1 Å². The zero-order chi connectivity index (χ0) is 18.0. The van der Waals surface area contributed by atoms with Crippen LogP contribution in [0.1, 0.15) is 10.4 Å². The summed E-state index contributed by atoms with van der Waals surface area (Å²) in [4.78, 5) is 25.8. The van der Waals surface area contributed by atoms with Crippen LogP contribution in [0, 0.1) is 0 Å². The lowest BCUT2D eigenvalue weighted by molar-refractivity contribution is -0.120. The molecular weight excluding hydrogens is 324 g/mol. The van der Waals surface area contributed by atoms with Gasteiger partial charge in [0, 0.05) is 18.7 Å². The Hall–Kier alpha value is -3.22. The van der Waals surface area contributed by atoms with Crippen molar-refractivity contribution >= 4 is 23.2 Å². The van der Waals surface area contributed by atoms with Gasteiger partial charge in [-0.2, -0.15) is 0 Å². The summed E-state index contributed by atoms with van der Waals surface area (Å²) in [6, 6.07) is 10.1. The van der Waals surface area contributed by atoms with E-state index in [-0.39, 0.29) is 18.4 Å². The molecule has 7 heteroatoms. The normalized spacial score (nSPS) is 12.9. The fourth-order valence-electron chi connectivity index (χ4n) is 2.51. The van der Waals surface area contributed by atoms with E-state index in [0.29, 0.717) is 34.2 Å². The summed E-state index contributed by atoms with van der Waals surface area (Å²) in [6.07, 6.45) is 0. The van der Waals surface area contributed by atoms with E-state index in [9.17, 15) is 9.59 Å². The largest absolute Gasteiger partial charge is 0.497 e. The molecule has 2 aromatic carbocycles. The van der Waals surface area contributed by atoms with Gasteiger partial charge in [-0.3, -0.25) is 9.59 Å². The quantitative estimate of drug-likeness (QED) is 0.923. The molecule has 0 fully saturated rings. The highest BCUT2D eigenvalue weighted by atomic mass is 16.5. The molecule has 3 rings (SSSR count). The van der Waals surface area contributed by atoms with E-state index in [1.807, 2.05) is 0 Å². The number of anilines is 2. The van der Waals surface area contributed by atoms with Crippen molar-refractivity contribution < 1.29 is 23.8 Å². The van der Waals surface area contributed by atoms with Gasteiger partial charge in [-0.1, -0.05) is 0 Å². The zero-order valence-corrected chi connectivity index (χ0v) is 14.2. The van der Waals surface area contributed by atoms with Crippen LogP contribution in [0.2, 0.25) is 0 Å². The SMILES string of the molecule is COc1ccc(NC(=O)c2ccc3c(c2)N(C)C(=O)CO3)c(OC)c1. The van der Waals surface area contributed by atoms with E-state index in [4.69, 9.17) is 14.2 Å². The molecule has 1 heterocycles. The van der Waals surface area contributed by atoms with Gasteiger partial charge < -0.3 is 24.4 Å². The number of nitrogens with zero attached hydrogens (tertiary/aromatic N) is 1. The number of ether oxygens (including phenoxy) is 3. The first-order valence-corrected chi connectivity index (χ1v) is 7.60. The first-order chi connectivity index (χ1) is 12.0. The molecule has 0 radical (unpaired) electrons. The number of amides is 2. The number of carbonyl (C=O) groups is 2. The minimum absolute atomic E-state index is 0.00189. The van der Waals surface area contributed by atoms with E-state index < -0.39 is 0 Å². The van der Waals surface area contributed by atoms with E-state index in [1.165, 1.54) is 12.0 Å². The van der Waals surface area contributed by atoms with E-state index >= 15 is 0 Å². The van der Waals surface area contributed by atoms with Gasteiger partial charge in [-0.05, 0) is 30.3 Å². The van der Waals surface area contributed by atoms with E-state index in [0.717, 1.165) is 0 Å². The lowest BCUT2D eigenvalue weighted by atomic mass is 10.1. The van der Waals surface area contributed by atoms with Gasteiger partial charge in [0.2, 0.25) is 0 Å². The highest BCUT2D eigenvalue weighted by molar-refractivity contribution is 6.07. The summed E-state index contributed by atoms with van der Waals surface area (Å²) in [5, 5.41) is 2.80. The van der Waals surface area contributed by atoms with Crippen LogP contribution in [0.4, 0.5) is 11.4 Å². The van der Waals surface area contributed by atoms with Crippen LogP contribution in [0.3, 0.4) is 0 Å². The minimum Gasteiger partial charge on any atom is -0.497 e. The molecule has 1 N–H and O–H groups in total. The molecule has 130 valence electrons. The van der Waals surface area contributed by atoms with Crippen molar-refractivity contribution in [2.24, 2.45) is 0 Å². The summed E-state index contributed by atoms with van der Waals surface area (Å²) in [7, 11) is 4.72. The third-order valence-electron chi connectivity index (χ3n) is 3.96. The van der Waals surface area contributed by atoms with Crippen LogP contribution < -0.4 is 24.4 Å². The van der Waals surface area contributed by atoms with Gasteiger partial charge in [0.1, 0.15) is 17.2 Å². The Kier molecular flexibility index (Phi) is 4.47. The van der Waals surface area contributed by atoms with Crippen molar-refractivity contribution in [3.63, 3.8) is 0 Å². The van der Waals surface area contributed by atoms with Gasteiger partial charge in [-0.15, -0.1) is 0 Å². The zero-order valence-electron chi connectivity index (χ0n) is 14.2. The maximum atomic E-state index is 12.6. The Labute approximate surface area is 145 Å². The van der Waals surface area contributed by atoms with Crippen LogP contribution >= 0.6 is 0 Å². The molecule has 0 unspecified atom stereocenters. The monoisotopic (exact) mass is 342 g/mol. The molecule has 0 spiro atoms. The molecule has 0 atom stereocenters. The van der Waals surface area contributed by atoms with Crippen molar-refractivity contribution in [1.82, 2.24) is 0 Å². The van der Waals surface area contributed by atoms with Crippen molar-refractivity contribution in [3.8, 4) is 17.2 Å². The van der Waals surface area contributed by atoms with Crippen molar-refractivity contribution in [1.29, 1.82) is 0 Å². The maximum absolute atomic E-state index is 12.6. The fourth-order valence-corrected chi connectivity index (χ4v) is 2.51. The molecule has 2 amide bonds. The number of hydrogen-bond donors (Lipinski definition) is 1. The number of fused-ring (bicyclic) bond motifs is 1. The molecule has 0 bridgehead atoms. The van der Waals surface area contributed by atoms with E-state index in [1.54, 1.807) is 50.6 Å². The summed E-state index contributed by atoms with van der Waals surface area (Å²) in [5.74, 6) is 1.20. The second-order valence-corrected chi connectivity index (χ2v) is 5.44. The lowest BCUT2D eigenvalue weighted by Gasteiger charge is -2.26. The smallest absolute Gasteiger partial charge is 0.264 e. The van der Waals surface area contributed by atoms with Crippen LogP contribution in [0.15, 0.2) is 36.4 Å². The van der Waals surface area contributed by atoms with Crippen LogP contribution in [0.5, 0.6) is 17.2 Å². The molecular formula is C18H18N2O5. The standard InChI is InChI=1S/C18H18N2O5/c1-20-14-8-11(4-7-15(14)25-10-17(20)21)18(22)19-13-6-5-12(23-2)9-16(13)24-3/h4-9H,10H2,1-3H3,(H,19,22). The van der Waals surface area contributed by atoms with Gasteiger partial charge >= 0.3 is 0 Å². The Bertz CT molecular complexity index is 834. The van der Waals surface area contributed by atoms with Gasteiger partial charge in [0.05, 0.1) is 25.6 Å². The molecule has 25 heavy (non-hydrogen) atoms. The molecule has 1 aliphatic heterocycles. The number of methoxy groups -OCH3 is 2. The number of carbonyl (C=O) groups excluding carboxylic acids is 2. The number of rotatable bonds is 4. The Balaban J connectivity index is 1.86. The number of likely N-dealkylation sites (N-methyl/N-ethyl adjacent to an activating group) is 1. The summed E-state index contributed by atoms with van der Waals surface area (Å²) < 4.78 is 15.8. The first-order valence-electron chi connectivity index (χ1n) is 7.60. The van der Waals surface area contributed by atoms with Crippen molar-refractivity contribution in [2.75, 3.05) is 38.1 Å². The highest BCUT2D eigenvalue weighted by Crippen LogP contribution is 2.33. The van der Waals surface area contributed by atoms with Crippen molar-refractivity contribution in [2.45, 2.75) is 0 Å². The van der Waals surface area contributed by atoms with Gasteiger partial charge in [-0.25, -0.2) is 0 Å². The molecule has 1 aliphatic rings. The third kappa shape index (κ3) is 3.21. The number of nitrogens with one attached hydrogen (secondary N) is 1. The molecule has 0 saturated carbocycles. The minimum atomic E-state index is -0.322. The average molecular weight is 342 g/mol. The summed E-state index contributed by atoms with van der Waals surface area (Å²) in [6.45, 7) is -0.00189. The third-order valence-corrected chi connectivity index (χ3v) is 3.96. The summed E-state index contributed by atoms with van der Waals surface area (Å²) in [5.41, 5.74) is 1.49. The number of hydrogen-bond acceptors (Lipinski definition) is 5. The molecule has 0 saturated heterocycles. The second-order valence-electron chi connectivity index (χ2n) is 5.44. The van der Waals surface area contributed by atoms with Crippen molar-refractivity contribution in [3.05, 3.63) is 42.0 Å². The van der Waals surface area contributed by atoms with Crippen LogP contribution in [0.25, 0.3) is 0 Å². The Morgan fingerprint density at radius 2 is 1.96 bits per heavy atom. The lowest BCUT2D eigenvalue weighted by Crippen LogP contribution is -2.35. The number of benzene rings is 2. The Morgan fingerprint density at radius 1 is 1.16 bits per heavy atom. The van der Waals surface area contributed by atoms with Crippen LogP contribution in [-0.4, -0.2) is 39.7 Å². The highest BCUT2D eigenvalue weighted by Gasteiger charge is 2.23. The fraction of sp³-hybridized carbons (Fsp3) is 0.222. The molecule has 7 nitrogen and oxygen atoms in total. The van der Waals surface area contributed by atoms with Crippen LogP contribution in [-0.2, 0) is 4.79 Å². The van der Waals surface area contributed by atoms with Gasteiger partial charge in [0.25, 0.3) is 11.8 Å². The molecule has 2 aromatic rings. The molecule has 0 aliphatic carbocycles. The Morgan fingerprint density at radius 3 is 2.68 bits per heavy atom. The predicted octanol–water partition coefficient (Wildman–Crippen LogP) is 2.31. The average Bonchev–Trinajstić information content (AvgIpc) is 2.64. The summed E-state index contributed by atoms with van der Waals surface area (Å²) >= 11 is 0. The molecule has 0 aromatic heterocycles.